The summed E-state index contributed by atoms with van der Waals surface area (Å²) in [5.41, 5.74) is 7.75. The van der Waals surface area contributed by atoms with Gasteiger partial charge in [0.15, 0.2) is 0 Å². The SMILES string of the molecule is CN(Cc1cc(N)cc(Cl)c1)CC1CCCC1. The normalized spacial score (nSPS) is 16.9. The molecule has 0 bridgehead atoms. The summed E-state index contributed by atoms with van der Waals surface area (Å²) in [6, 6.07) is 5.81. The van der Waals surface area contributed by atoms with Crippen molar-refractivity contribution in [2.75, 3.05) is 19.3 Å². The first-order valence-corrected chi connectivity index (χ1v) is 6.75. The van der Waals surface area contributed by atoms with E-state index in [1.54, 1.807) is 6.07 Å². The second-order valence-electron chi connectivity index (χ2n) is 5.24. The van der Waals surface area contributed by atoms with Gasteiger partial charge in [-0.2, -0.15) is 0 Å². The molecule has 1 aliphatic carbocycles. The fraction of sp³-hybridized carbons (Fsp3) is 0.571. The van der Waals surface area contributed by atoms with E-state index in [0.717, 1.165) is 23.2 Å². The summed E-state index contributed by atoms with van der Waals surface area (Å²) in [6.07, 6.45) is 5.59. The van der Waals surface area contributed by atoms with E-state index in [9.17, 15) is 0 Å². The van der Waals surface area contributed by atoms with Crippen LogP contribution >= 0.6 is 11.6 Å². The van der Waals surface area contributed by atoms with E-state index in [1.165, 1.54) is 37.8 Å². The van der Waals surface area contributed by atoms with Gasteiger partial charge >= 0.3 is 0 Å². The number of nitrogen functional groups attached to an aromatic ring is 1. The molecule has 3 heteroatoms. The Morgan fingerprint density at radius 1 is 1.29 bits per heavy atom. The van der Waals surface area contributed by atoms with Gasteiger partial charge in [0.2, 0.25) is 0 Å². The molecule has 0 saturated heterocycles. The average molecular weight is 253 g/mol. The van der Waals surface area contributed by atoms with Crippen LogP contribution < -0.4 is 5.73 Å². The summed E-state index contributed by atoms with van der Waals surface area (Å²) in [5.74, 6) is 0.886. The van der Waals surface area contributed by atoms with Crippen LogP contribution in [0.3, 0.4) is 0 Å². The molecule has 1 aliphatic rings. The highest BCUT2D eigenvalue weighted by molar-refractivity contribution is 6.30. The third-order valence-electron chi connectivity index (χ3n) is 3.48. The van der Waals surface area contributed by atoms with Gasteiger partial charge in [0.25, 0.3) is 0 Å². The third-order valence-corrected chi connectivity index (χ3v) is 3.70. The van der Waals surface area contributed by atoms with Gasteiger partial charge in [-0.1, -0.05) is 24.4 Å². The largest absolute Gasteiger partial charge is 0.399 e. The van der Waals surface area contributed by atoms with Crippen LogP contribution in [0.5, 0.6) is 0 Å². The maximum Gasteiger partial charge on any atom is 0.0429 e. The van der Waals surface area contributed by atoms with Gasteiger partial charge in [-0.25, -0.2) is 0 Å². The molecule has 0 atom stereocenters. The molecule has 1 fully saturated rings. The molecule has 2 rings (SSSR count). The zero-order valence-electron chi connectivity index (χ0n) is 10.5. The topological polar surface area (TPSA) is 29.3 Å². The molecule has 0 spiro atoms. The van der Waals surface area contributed by atoms with E-state index < -0.39 is 0 Å². The lowest BCUT2D eigenvalue weighted by atomic mass is 10.1. The van der Waals surface area contributed by atoms with Crippen molar-refractivity contribution < 1.29 is 0 Å². The van der Waals surface area contributed by atoms with Crippen molar-refractivity contribution in [1.29, 1.82) is 0 Å². The van der Waals surface area contributed by atoms with Gasteiger partial charge < -0.3 is 10.6 Å². The highest BCUT2D eigenvalue weighted by Gasteiger charge is 2.16. The number of benzene rings is 1. The number of hydrogen-bond donors (Lipinski definition) is 1. The van der Waals surface area contributed by atoms with E-state index in [0.29, 0.717) is 0 Å². The highest BCUT2D eigenvalue weighted by atomic mass is 35.5. The summed E-state index contributed by atoms with van der Waals surface area (Å²) in [7, 11) is 2.18. The summed E-state index contributed by atoms with van der Waals surface area (Å²) >= 11 is 6.01. The van der Waals surface area contributed by atoms with Gasteiger partial charge in [-0.15, -0.1) is 0 Å². The van der Waals surface area contributed by atoms with Crippen molar-refractivity contribution in [2.24, 2.45) is 5.92 Å². The van der Waals surface area contributed by atoms with E-state index in [1.807, 2.05) is 12.1 Å². The first kappa shape index (κ1) is 12.7. The zero-order valence-corrected chi connectivity index (χ0v) is 11.2. The monoisotopic (exact) mass is 252 g/mol. The smallest absolute Gasteiger partial charge is 0.0429 e. The van der Waals surface area contributed by atoms with Crippen molar-refractivity contribution in [3.8, 4) is 0 Å². The predicted molar refractivity (Wildman–Crippen MR) is 74.2 cm³/mol. The number of rotatable bonds is 4. The summed E-state index contributed by atoms with van der Waals surface area (Å²) < 4.78 is 0. The van der Waals surface area contributed by atoms with Crippen molar-refractivity contribution in [2.45, 2.75) is 32.2 Å². The molecule has 2 N–H and O–H groups in total. The molecule has 1 aromatic carbocycles. The highest BCUT2D eigenvalue weighted by Crippen LogP contribution is 2.26. The van der Waals surface area contributed by atoms with Crippen LogP contribution in [0.1, 0.15) is 31.2 Å². The number of halogens is 1. The summed E-state index contributed by atoms with van der Waals surface area (Å²) in [5, 5.41) is 0.731. The second kappa shape index (κ2) is 5.74. The molecule has 0 amide bonds. The van der Waals surface area contributed by atoms with Crippen LogP contribution in [0.15, 0.2) is 18.2 Å². The van der Waals surface area contributed by atoms with Crippen molar-refractivity contribution in [3.05, 3.63) is 28.8 Å². The minimum atomic E-state index is 0.731. The Morgan fingerprint density at radius 2 is 2.00 bits per heavy atom. The van der Waals surface area contributed by atoms with Gasteiger partial charge in [0.1, 0.15) is 0 Å². The van der Waals surface area contributed by atoms with Crippen LogP contribution in [0.2, 0.25) is 5.02 Å². The van der Waals surface area contributed by atoms with Crippen LogP contribution in [0.4, 0.5) is 5.69 Å². The average Bonchev–Trinajstić information content (AvgIpc) is 2.67. The van der Waals surface area contributed by atoms with Crippen LogP contribution in [-0.2, 0) is 6.54 Å². The Hall–Kier alpha value is -0.730. The quantitative estimate of drug-likeness (QED) is 0.831. The van der Waals surface area contributed by atoms with Gasteiger partial charge in [-0.05, 0) is 49.6 Å². The Kier molecular flexibility index (Phi) is 4.30. The van der Waals surface area contributed by atoms with Crippen LogP contribution in [0, 0.1) is 5.92 Å². The zero-order chi connectivity index (χ0) is 12.3. The third kappa shape index (κ3) is 3.90. The summed E-state index contributed by atoms with van der Waals surface area (Å²) in [6.45, 7) is 2.12. The molecule has 94 valence electrons. The summed E-state index contributed by atoms with van der Waals surface area (Å²) in [4.78, 5) is 2.38. The molecule has 1 saturated carbocycles. The molecule has 0 aromatic heterocycles. The molecular weight excluding hydrogens is 232 g/mol. The second-order valence-corrected chi connectivity index (χ2v) is 5.68. The van der Waals surface area contributed by atoms with E-state index in [2.05, 4.69) is 11.9 Å². The molecule has 0 heterocycles. The lowest BCUT2D eigenvalue weighted by molar-refractivity contribution is 0.271. The molecule has 2 nitrogen and oxygen atoms in total. The minimum Gasteiger partial charge on any atom is -0.399 e. The number of hydrogen-bond acceptors (Lipinski definition) is 2. The Balaban J connectivity index is 1.90. The van der Waals surface area contributed by atoms with Gasteiger partial charge in [0, 0.05) is 23.8 Å². The molecular formula is C14H21ClN2. The molecule has 0 aliphatic heterocycles. The van der Waals surface area contributed by atoms with E-state index in [-0.39, 0.29) is 0 Å². The molecule has 17 heavy (non-hydrogen) atoms. The van der Waals surface area contributed by atoms with Crippen LogP contribution in [-0.4, -0.2) is 18.5 Å². The van der Waals surface area contributed by atoms with Crippen molar-refractivity contribution >= 4 is 17.3 Å². The van der Waals surface area contributed by atoms with Gasteiger partial charge in [-0.3, -0.25) is 0 Å². The lowest BCUT2D eigenvalue weighted by Crippen LogP contribution is -2.24. The first-order valence-electron chi connectivity index (χ1n) is 6.37. The Labute approximate surface area is 109 Å². The van der Waals surface area contributed by atoms with Crippen LogP contribution in [0.25, 0.3) is 0 Å². The fourth-order valence-electron chi connectivity index (χ4n) is 2.78. The minimum absolute atomic E-state index is 0.731. The standard InChI is InChI=1S/C14H21ClN2/c1-17(9-11-4-2-3-5-11)10-12-6-13(15)8-14(16)7-12/h6-8,11H,2-5,9-10,16H2,1H3. The number of nitrogens with zero attached hydrogens (tertiary/aromatic N) is 1. The maximum atomic E-state index is 6.01. The van der Waals surface area contributed by atoms with Crippen molar-refractivity contribution in [1.82, 2.24) is 4.90 Å². The van der Waals surface area contributed by atoms with E-state index >= 15 is 0 Å². The Bertz CT molecular complexity index is 352. The lowest BCUT2D eigenvalue weighted by Gasteiger charge is -2.21. The first-order chi connectivity index (χ1) is 8.13. The molecule has 1 aromatic rings. The number of anilines is 1. The van der Waals surface area contributed by atoms with Gasteiger partial charge in [0.05, 0.1) is 0 Å². The van der Waals surface area contributed by atoms with E-state index in [4.69, 9.17) is 17.3 Å². The van der Waals surface area contributed by atoms with Crippen molar-refractivity contribution in [3.63, 3.8) is 0 Å². The Morgan fingerprint density at radius 3 is 2.65 bits per heavy atom. The fourth-order valence-corrected chi connectivity index (χ4v) is 3.04. The number of nitrogens with two attached hydrogens (primary N) is 1. The maximum absolute atomic E-state index is 6.01. The molecule has 0 unspecified atom stereocenters. The predicted octanol–water partition coefficient (Wildman–Crippen LogP) is 3.54. The molecule has 0 radical (unpaired) electrons.